The Balaban J connectivity index is 1.77. The van der Waals surface area contributed by atoms with Crippen LogP contribution in [0.1, 0.15) is 11.1 Å². The van der Waals surface area contributed by atoms with Gasteiger partial charge in [0.05, 0.1) is 0 Å². The fourth-order valence-corrected chi connectivity index (χ4v) is 2.02. The van der Waals surface area contributed by atoms with E-state index in [0.29, 0.717) is 12.3 Å². The highest BCUT2D eigenvalue weighted by Gasteiger charge is 1.98. The van der Waals surface area contributed by atoms with Gasteiger partial charge in [-0.15, -0.1) is 0 Å². The third kappa shape index (κ3) is 5.25. The average Bonchev–Trinajstić information content (AvgIpc) is 2.50. The van der Waals surface area contributed by atoms with Crippen LogP contribution in [-0.2, 0) is 13.0 Å². The lowest BCUT2D eigenvalue weighted by Crippen LogP contribution is -2.16. The second-order valence-electron chi connectivity index (χ2n) is 4.65. The number of benzene rings is 2. The Morgan fingerprint density at radius 3 is 2.71 bits per heavy atom. The van der Waals surface area contributed by atoms with Gasteiger partial charge in [-0.25, -0.2) is 4.39 Å². The third-order valence-electron chi connectivity index (χ3n) is 3.01. The normalized spacial score (nSPS) is 10.1. The molecule has 0 aliphatic heterocycles. The minimum Gasteiger partial charge on any atom is -0.479 e. The van der Waals surface area contributed by atoms with Crippen LogP contribution in [-0.4, -0.2) is 13.2 Å². The van der Waals surface area contributed by atoms with Crippen LogP contribution in [0.5, 0.6) is 5.75 Å². The highest BCUT2D eigenvalue weighted by molar-refractivity contribution is 5.28. The summed E-state index contributed by atoms with van der Waals surface area (Å²) in [5.74, 6) is 0.496. The summed E-state index contributed by atoms with van der Waals surface area (Å²) in [4.78, 5) is 0. The van der Waals surface area contributed by atoms with Crippen molar-refractivity contribution < 1.29 is 9.13 Å². The van der Waals surface area contributed by atoms with Crippen LogP contribution in [0.15, 0.2) is 48.5 Å². The molecule has 2 aromatic carbocycles. The van der Waals surface area contributed by atoms with Crippen LogP contribution in [0.2, 0.25) is 0 Å². The lowest BCUT2D eigenvalue weighted by atomic mass is 10.1. The van der Waals surface area contributed by atoms with Gasteiger partial charge in [-0.3, -0.25) is 0 Å². The van der Waals surface area contributed by atoms with Crippen molar-refractivity contribution in [1.82, 2.24) is 5.32 Å². The van der Waals surface area contributed by atoms with Gasteiger partial charge >= 0.3 is 0 Å². The summed E-state index contributed by atoms with van der Waals surface area (Å²) in [6, 6.07) is 16.2. The van der Waals surface area contributed by atoms with Gasteiger partial charge in [-0.2, -0.15) is 5.26 Å². The fourth-order valence-electron chi connectivity index (χ4n) is 2.02. The molecule has 0 saturated heterocycles. The van der Waals surface area contributed by atoms with Crippen LogP contribution in [0.25, 0.3) is 0 Å². The van der Waals surface area contributed by atoms with Gasteiger partial charge in [-0.1, -0.05) is 24.3 Å². The second kappa shape index (κ2) is 8.03. The molecule has 2 aromatic rings. The molecule has 0 radical (unpaired) electrons. The van der Waals surface area contributed by atoms with Gasteiger partial charge in [0.15, 0.2) is 6.61 Å². The predicted octanol–water partition coefficient (Wildman–Crippen LogP) is 3.06. The van der Waals surface area contributed by atoms with Crippen molar-refractivity contribution >= 4 is 0 Å². The van der Waals surface area contributed by atoms with E-state index in [1.807, 2.05) is 36.4 Å². The Hall–Kier alpha value is -2.38. The van der Waals surface area contributed by atoms with E-state index in [2.05, 4.69) is 5.32 Å². The van der Waals surface area contributed by atoms with E-state index in [9.17, 15) is 4.39 Å². The van der Waals surface area contributed by atoms with Crippen molar-refractivity contribution in [2.45, 2.75) is 13.0 Å². The number of halogens is 1. The lowest BCUT2D eigenvalue weighted by Gasteiger charge is -2.07. The largest absolute Gasteiger partial charge is 0.479 e. The highest BCUT2D eigenvalue weighted by atomic mass is 19.1. The standard InChI is InChI=1S/C17H17FN2O/c18-16-5-1-3-14(11-16)7-9-20-13-15-4-2-6-17(12-15)21-10-8-19/h1-6,11-12,20H,7,9-10,13H2. The molecule has 3 nitrogen and oxygen atoms in total. The first-order valence-electron chi connectivity index (χ1n) is 6.82. The summed E-state index contributed by atoms with van der Waals surface area (Å²) in [5.41, 5.74) is 2.07. The van der Waals surface area contributed by atoms with E-state index in [-0.39, 0.29) is 12.4 Å². The second-order valence-corrected chi connectivity index (χ2v) is 4.65. The van der Waals surface area contributed by atoms with Crippen molar-refractivity contribution in [2.75, 3.05) is 13.2 Å². The van der Waals surface area contributed by atoms with Gasteiger partial charge in [0.1, 0.15) is 17.6 Å². The summed E-state index contributed by atoms with van der Waals surface area (Å²) in [6.45, 7) is 1.53. The molecule has 0 saturated carbocycles. The van der Waals surface area contributed by atoms with Gasteiger partial charge in [0, 0.05) is 6.54 Å². The number of nitriles is 1. The smallest absolute Gasteiger partial charge is 0.174 e. The molecule has 108 valence electrons. The predicted molar refractivity (Wildman–Crippen MR) is 79.4 cm³/mol. The molecule has 0 atom stereocenters. The molecule has 0 bridgehead atoms. The Morgan fingerprint density at radius 1 is 1.10 bits per heavy atom. The van der Waals surface area contributed by atoms with Crippen LogP contribution in [0.3, 0.4) is 0 Å². The van der Waals surface area contributed by atoms with E-state index in [4.69, 9.17) is 10.00 Å². The number of rotatable bonds is 7. The monoisotopic (exact) mass is 284 g/mol. The molecule has 0 fully saturated rings. The zero-order valence-electron chi connectivity index (χ0n) is 11.7. The number of hydrogen-bond donors (Lipinski definition) is 1. The van der Waals surface area contributed by atoms with Crippen LogP contribution in [0, 0.1) is 17.1 Å². The van der Waals surface area contributed by atoms with E-state index in [1.165, 1.54) is 6.07 Å². The average molecular weight is 284 g/mol. The summed E-state index contributed by atoms with van der Waals surface area (Å²) in [6.07, 6.45) is 0.780. The minimum atomic E-state index is -0.199. The zero-order chi connectivity index (χ0) is 14.9. The van der Waals surface area contributed by atoms with E-state index >= 15 is 0 Å². The Bertz CT molecular complexity index is 622. The molecule has 1 N–H and O–H groups in total. The minimum absolute atomic E-state index is 0.0520. The maximum Gasteiger partial charge on any atom is 0.174 e. The first kappa shape index (κ1) is 15.0. The first-order valence-corrected chi connectivity index (χ1v) is 6.82. The molecule has 0 amide bonds. The molecular weight excluding hydrogens is 267 g/mol. The number of nitrogens with zero attached hydrogens (tertiary/aromatic N) is 1. The molecule has 0 aliphatic rings. The first-order chi connectivity index (χ1) is 10.3. The van der Waals surface area contributed by atoms with Crippen molar-refractivity contribution in [1.29, 1.82) is 5.26 Å². The Kier molecular flexibility index (Phi) is 5.74. The maximum absolute atomic E-state index is 13.0. The third-order valence-corrected chi connectivity index (χ3v) is 3.01. The van der Waals surface area contributed by atoms with Crippen molar-refractivity contribution in [3.63, 3.8) is 0 Å². The molecule has 0 spiro atoms. The van der Waals surface area contributed by atoms with Crippen LogP contribution >= 0.6 is 0 Å². The van der Waals surface area contributed by atoms with Crippen LogP contribution in [0.4, 0.5) is 4.39 Å². The molecule has 0 unspecified atom stereocenters. The van der Waals surface area contributed by atoms with E-state index in [1.54, 1.807) is 12.1 Å². The molecule has 2 rings (SSSR count). The Morgan fingerprint density at radius 2 is 1.90 bits per heavy atom. The number of hydrogen-bond acceptors (Lipinski definition) is 3. The van der Waals surface area contributed by atoms with Crippen molar-refractivity contribution in [2.24, 2.45) is 0 Å². The molecule has 0 heterocycles. The van der Waals surface area contributed by atoms with Gasteiger partial charge < -0.3 is 10.1 Å². The van der Waals surface area contributed by atoms with Gasteiger partial charge in [0.25, 0.3) is 0 Å². The molecule has 4 heteroatoms. The van der Waals surface area contributed by atoms with Crippen molar-refractivity contribution in [3.8, 4) is 11.8 Å². The number of ether oxygens (including phenoxy) is 1. The molecule has 21 heavy (non-hydrogen) atoms. The summed E-state index contributed by atoms with van der Waals surface area (Å²) in [5, 5.41) is 11.8. The van der Waals surface area contributed by atoms with Gasteiger partial charge in [-0.05, 0) is 48.4 Å². The van der Waals surface area contributed by atoms with Gasteiger partial charge in [0.2, 0.25) is 0 Å². The maximum atomic E-state index is 13.0. The SMILES string of the molecule is N#CCOc1cccc(CNCCc2cccc(F)c2)c1. The summed E-state index contributed by atoms with van der Waals surface area (Å²) >= 11 is 0. The molecular formula is C17H17FN2O. The molecule has 0 aliphatic carbocycles. The lowest BCUT2D eigenvalue weighted by molar-refractivity contribution is 0.367. The van der Waals surface area contributed by atoms with E-state index in [0.717, 1.165) is 24.1 Å². The fraction of sp³-hybridized carbons (Fsp3) is 0.235. The molecule has 0 aromatic heterocycles. The number of nitrogens with one attached hydrogen (secondary N) is 1. The zero-order valence-corrected chi connectivity index (χ0v) is 11.7. The summed E-state index contributed by atoms with van der Waals surface area (Å²) < 4.78 is 18.3. The highest BCUT2D eigenvalue weighted by Crippen LogP contribution is 2.13. The van der Waals surface area contributed by atoms with Crippen molar-refractivity contribution in [3.05, 3.63) is 65.5 Å². The quantitative estimate of drug-likeness (QED) is 0.795. The topological polar surface area (TPSA) is 45.0 Å². The van der Waals surface area contributed by atoms with Crippen LogP contribution < -0.4 is 10.1 Å². The van der Waals surface area contributed by atoms with E-state index < -0.39 is 0 Å². The summed E-state index contributed by atoms with van der Waals surface area (Å²) in [7, 11) is 0. The Labute approximate surface area is 124 Å².